The van der Waals surface area contributed by atoms with Crippen molar-refractivity contribution in [2.45, 2.75) is 13.0 Å². The molecule has 1 atom stereocenters. The Morgan fingerprint density at radius 3 is 2.67 bits per heavy atom. The van der Waals surface area contributed by atoms with Gasteiger partial charge in [-0.1, -0.05) is 0 Å². The van der Waals surface area contributed by atoms with E-state index >= 15 is 0 Å². The summed E-state index contributed by atoms with van der Waals surface area (Å²) >= 11 is 0. The van der Waals surface area contributed by atoms with E-state index in [1.54, 1.807) is 0 Å². The summed E-state index contributed by atoms with van der Waals surface area (Å²) in [5.41, 5.74) is 0. The molecule has 0 aliphatic carbocycles. The third-order valence-corrected chi connectivity index (χ3v) is 0.797. The Kier molecular flexibility index (Phi) is 4.00. The van der Waals surface area contributed by atoms with E-state index in [1.165, 1.54) is 6.92 Å². The van der Waals surface area contributed by atoms with E-state index in [2.05, 4.69) is 5.32 Å². The van der Waals surface area contributed by atoms with Gasteiger partial charge in [-0.15, -0.1) is 0 Å². The van der Waals surface area contributed by atoms with E-state index in [9.17, 15) is 4.79 Å². The second kappa shape index (κ2) is 4.29. The number of aliphatic hydroxyl groups excluding tert-OH is 2. The van der Waals surface area contributed by atoms with Crippen molar-refractivity contribution in [2.75, 3.05) is 13.2 Å². The predicted molar refractivity (Wildman–Crippen MR) is 31.8 cm³/mol. The summed E-state index contributed by atoms with van der Waals surface area (Å²) in [6.07, 6.45) is -0.839. The first-order valence-electron chi connectivity index (χ1n) is 2.70. The topological polar surface area (TPSA) is 69.6 Å². The maximum absolute atomic E-state index is 10.2. The predicted octanol–water partition coefficient (Wildman–Crippen LogP) is -1.52. The summed E-state index contributed by atoms with van der Waals surface area (Å²) < 4.78 is 0. The van der Waals surface area contributed by atoms with Crippen LogP contribution in [0.15, 0.2) is 0 Å². The molecule has 0 rings (SSSR count). The molecule has 9 heavy (non-hydrogen) atoms. The Labute approximate surface area is 53.5 Å². The molecule has 0 saturated heterocycles. The molecule has 4 heteroatoms. The van der Waals surface area contributed by atoms with Gasteiger partial charge in [0.05, 0.1) is 12.7 Å². The van der Waals surface area contributed by atoms with Gasteiger partial charge in [0.15, 0.2) is 0 Å². The fourth-order valence-electron chi connectivity index (χ4n) is 0.326. The third kappa shape index (κ3) is 5.26. The van der Waals surface area contributed by atoms with Crippen molar-refractivity contribution in [1.29, 1.82) is 0 Å². The minimum absolute atomic E-state index is 0.117. The van der Waals surface area contributed by atoms with Crippen molar-refractivity contribution < 1.29 is 15.0 Å². The summed E-state index contributed by atoms with van der Waals surface area (Å²) in [5.74, 6) is -0.206. The van der Waals surface area contributed by atoms with Gasteiger partial charge in [0.25, 0.3) is 0 Å². The number of aliphatic hydroxyl groups is 2. The summed E-state index contributed by atoms with van der Waals surface area (Å²) in [6.45, 7) is 1.15. The summed E-state index contributed by atoms with van der Waals surface area (Å²) in [5, 5.41) is 19.2. The molecule has 0 heterocycles. The van der Waals surface area contributed by atoms with Crippen LogP contribution in [0, 0.1) is 0 Å². The molecule has 3 N–H and O–H groups in total. The number of nitrogens with one attached hydrogen (secondary N) is 1. The number of carbonyl (C=O) groups is 1. The molecule has 0 aliphatic heterocycles. The van der Waals surface area contributed by atoms with Crippen LogP contribution in [-0.4, -0.2) is 35.4 Å². The van der Waals surface area contributed by atoms with Gasteiger partial charge >= 0.3 is 0 Å². The molecule has 54 valence electrons. The Bertz CT molecular complexity index is 94.2. The highest BCUT2D eigenvalue weighted by Crippen LogP contribution is 1.75. The van der Waals surface area contributed by atoms with Crippen molar-refractivity contribution in [3.05, 3.63) is 0 Å². The van der Waals surface area contributed by atoms with Gasteiger partial charge < -0.3 is 15.5 Å². The van der Waals surface area contributed by atoms with Crippen molar-refractivity contribution in [2.24, 2.45) is 0 Å². The van der Waals surface area contributed by atoms with Crippen LogP contribution < -0.4 is 5.32 Å². The maximum atomic E-state index is 10.2. The molecule has 0 saturated carbocycles. The smallest absolute Gasteiger partial charge is 0.216 e. The summed E-state index contributed by atoms with van der Waals surface area (Å²) in [6, 6.07) is 0. The monoisotopic (exact) mass is 133 g/mol. The number of hydrogen-bond donors (Lipinski definition) is 3. The van der Waals surface area contributed by atoms with Crippen LogP contribution in [0.1, 0.15) is 6.92 Å². The van der Waals surface area contributed by atoms with Crippen LogP contribution in [0.25, 0.3) is 0 Å². The molecule has 0 aliphatic rings. The van der Waals surface area contributed by atoms with Gasteiger partial charge in [-0.25, -0.2) is 0 Å². The molecule has 0 aromatic heterocycles. The lowest BCUT2D eigenvalue weighted by Crippen LogP contribution is -2.32. The average molecular weight is 133 g/mol. The third-order valence-electron chi connectivity index (χ3n) is 0.797. The minimum Gasteiger partial charge on any atom is -0.394 e. The molecule has 1 amide bonds. The van der Waals surface area contributed by atoms with Crippen LogP contribution in [0.2, 0.25) is 0 Å². The minimum atomic E-state index is -0.839. The molecule has 0 spiro atoms. The fourth-order valence-corrected chi connectivity index (χ4v) is 0.326. The SMILES string of the molecule is CC(=O)NCC(O)CO. The van der Waals surface area contributed by atoms with Gasteiger partial charge in [-0.2, -0.15) is 0 Å². The van der Waals surface area contributed by atoms with Crippen molar-refractivity contribution in [1.82, 2.24) is 5.32 Å². The lowest BCUT2D eigenvalue weighted by molar-refractivity contribution is -0.119. The highest BCUT2D eigenvalue weighted by Gasteiger charge is 2.00. The molecule has 0 aromatic carbocycles. The summed E-state index contributed by atoms with van der Waals surface area (Å²) in [7, 11) is 0. The first kappa shape index (κ1) is 8.39. The maximum Gasteiger partial charge on any atom is 0.216 e. The summed E-state index contributed by atoms with van der Waals surface area (Å²) in [4.78, 5) is 10.2. The standard InChI is InChI=1S/C5H11NO3/c1-4(8)6-2-5(9)3-7/h5,7,9H,2-3H2,1H3,(H,6,8). The average Bonchev–Trinajstić information content (AvgIpc) is 1.83. The van der Waals surface area contributed by atoms with E-state index in [4.69, 9.17) is 10.2 Å². The first-order chi connectivity index (χ1) is 4.16. The lowest BCUT2D eigenvalue weighted by Gasteiger charge is -2.05. The van der Waals surface area contributed by atoms with Crippen LogP contribution in [0.5, 0.6) is 0 Å². The van der Waals surface area contributed by atoms with E-state index in [1.807, 2.05) is 0 Å². The van der Waals surface area contributed by atoms with Crippen LogP contribution >= 0.6 is 0 Å². The second-order valence-electron chi connectivity index (χ2n) is 1.77. The Morgan fingerprint density at radius 1 is 1.78 bits per heavy atom. The van der Waals surface area contributed by atoms with Gasteiger partial charge in [-0.3, -0.25) is 4.79 Å². The van der Waals surface area contributed by atoms with E-state index in [0.29, 0.717) is 0 Å². The Balaban J connectivity index is 3.16. The number of amides is 1. The molecule has 0 aromatic rings. The molecular weight excluding hydrogens is 122 g/mol. The van der Waals surface area contributed by atoms with Crippen molar-refractivity contribution in [3.8, 4) is 0 Å². The van der Waals surface area contributed by atoms with Crippen LogP contribution in [0.4, 0.5) is 0 Å². The lowest BCUT2D eigenvalue weighted by atomic mass is 10.4. The van der Waals surface area contributed by atoms with Gasteiger partial charge in [0.1, 0.15) is 0 Å². The molecule has 4 nitrogen and oxygen atoms in total. The van der Waals surface area contributed by atoms with Crippen molar-refractivity contribution >= 4 is 5.91 Å². The highest BCUT2D eigenvalue weighted by atomic mass is 16.3. The van der Waals surface area contributed by atoms with Crippen LogP contribution in [0.3, 0.4) is 0 Å². The van der Waals surface area contributed by atoms with Gasteiger partial charge in [-0.05, 0) is 0 Å². The van der Waals surface area contributed by atoms with Gasteiger partial charge in [0.2, 0.25) is 5.91 Å². The largest absolute Gasteiger partial charge is 0.394 e. The van der Waals surface area contributed by atoms with Crippen LogP contribution in [-0.2, 0) is 4.79 Å². The normalized spacial score (nSPS) is 12.8. The molecule has 1 unspecified atom stereocenters. The number of hydrogen-bond acceptors (Lipinski definition) is 3. The molecule has 0 bridgehead atoms. The molecular formula is C5H11NO3. The zero-order valence-corrected chi connectivity index (χ0v) is 5.29. The zero-order chi connectivity index (χ0) is 7.28. The second-order valence-corrected chi connectivity index (χ2v) is 1.77. The van der Waals surface area contributed by atoms with Crippen molar-refractivity contribution in [3.63, 3.8) is 0 Å². The quantitative estimate of drug-likeness (QED) is 0.437. The number of rotatable bonds is 3. The number of carbonyl (C=O) groups excluding carboxylic acids is 1. The molecule has 0 radical (unpaired) electrons. The van der Waals surface area contributed by atoms with E-state index < -0.39 is 6.10 Å². The van der Waals surface area contributed by atoms with E-state index in [-0.39, 0.29) is 19.1 Å². The van der Waals surface area contributed by atoms with E-state index in [0.717, 1.165) is 0 Å². The van der Waals surface area contributed by atoms with Gasteiger partial charge in [0, 0.05) is 13.5 Å². The Morgan fingerprint density at radius 2 is 2.33 bits per heavy atom. The molecule has 0 fully saturated rings. The Hall–Kier alpha value is -0.610. The fraction of sp³-hybridized carbons (Fsp3) is 0.800. The zero-order valence-electron chi connectivity index (χ0n) is 5.29. The highest BCUT2D eigenvalue weighted by molar-refractivity contribution is 5.72. The first-order valence-corrected chi connectivity index (χ1v) is 2.70.